The molecule has 2 atom stereocenters. The second-order valence-electron chi connectivity index (χ2n) is 8.17. The number of aromatic nitrogens is 6. The number of anilines is 1. The lowest BCUT2D eigenvalue weighted by atomic mass is 10.2. The summed E-state index contributed by atoms with van der Waals surface area (Å²) in [7, 11) is 0.165. The van der Waals surface area contributed by atoms with Gasteiger partial charge in [-0.1, -0.05) is 22.8 Å². The third-order valence-corrected chi connectivity index (χ3v) is 7.84. The van der Waals surface area contributed by atoms with E-state index in [1.165, 1.54) is 45.2 Å². The Balaban J connectivity index is 1.85. The number of hydrogen-bond acceptors (Lipinski definition) is 11. The van der Waals surface area contributed by atoms with Gasteiger partial charge in [0, 0.05) is 25.1 Å². The quantitative estimate of drug-likeness (QED) is 0.301. The van der Waals surface area contributed by atoms with Crippen LogP contribution < -0.4 is 14.2 Å². The second kappa shape index (κ2) is 10.9. The minimum atomic E-state index is -4.16. The van der Waals surface area contributed by atoms with Crippen LogP contribution in [0, 0.1) is 13.8 Å². The zero-order chi connectivity index (χ0) is 27.6. The monoisotopic (exact) mass is 563 g/mol. The number of aryl methyl sites for hydroxylation is 1. The van der Waals surface area contributed by atoms with Crippen molar-refractivity contribution in [3.8, 4) is 28.7 Å². The lowest BCUT2D eigenvalue weighted by Gasteiger charge is -2.22. The first-order valence-corrected chi connectivity index (χ1v) is 13.2. The Kier molecular flexibility index (Phi) is 7.85. The molecule has 3 aromatic heterocycles. The third kappa shape index (κ3) is 5.01. The highest BCUT2D eigenvalue weighted by molar-refractivity contribution is 7.93. The fourth-order valence-corrected chi connectivity index (χ4v) is 4.98. The van der Waals surface area contributed by atoms with E-state index in [2.05, 4.69) is 30.0 Å². The van der Waals surface area contributed by atoms with Crippen LogP contribution in [0.3, 0.4) is 0 Å². The van der Waals surface area contributed by atoms with E-state index >= 15 is 0 Å². The summed E-state index contributed by atoms with van der Waals surface area (Å²) in [5, 5.41) is 11.7. The maximum absolute atomic E-state index is 13.6. The number of sulfonamides is 1. The van der Waals surface area contributed by atoms with E-state index in [1.54, 1.807) is 32.0 Å². The Bertz CT molecular complexity index is 1520. The molecule has 0 bridgehead atoms. The van der Waals surface area contributed by atoms with Crippen molar-refractivity contribution >= 4 is 27.6 Å². The number of benzene rings is 1. The van der Waals surface area contributed by atoms with E-state index in [4.69, 9.17) is 30.3 Å². The topological polar surface area (TPSA) is 156 Å². The summed E-state index contributed by atoms with van der Waals surface area (Å²) in [5.74, 6) is 1.54. The molecule has 1 aromatic carbocycles. The van der Waals surface area contributed by atoms with Gasteiger partial charge in [-0.2, -0.15) is 0 Å². The normalized spacial score (nSPS) is 13.2. The fourth-order valence-electron chi connectivity index (χ4n) is 3.75. The van der Waals surface area contributed by atoms with Crippen LogP contribution in [0.25, 0.3) is 17.2 Å². The SMILES string of the molecule is COc1cccc(OC)c1-n1c(NS(=O)(=O)C(C)C(OC)c2ncc(Cl)cn2)nnc1-c1noc(C)c1C. The van der Waals surface area contributed by atoms with Gasteiger partial charge in [-0.15, -0.1) is 10.2 Å². The van der Waals surface area contributed by atoms with Gasteiger partial charge in [0.05, 0.1) is 19.2 Å². The summed E-state index contributed by atoms with van der Waals surface area (Å²) < 4.78 is 53.1. The molecule has 1 N–H and O–H groups in total. The van der Waals surface area contributed by atoms with Gasteiger partial charge >= 0.3 is 0 Å². The van der Waals surface area contributed by atoms with Gasteiger partial charge in [0.2, 0.25) is 16.0 Å². The molecule has 0 aliphatic heterocycles. The van der Waals surface area contributed by atoms with Gasteiger partial charge in [-0.3, -0.25) is 9.29 Å². The second-order valence-corrected chi connectivity index (χ2v) is 10.6. The van der Waals surface area contributed by atoms with Crippen molar-refractivity contribution in [3.05, 3.63) is 52.8 Å². The first kappa shape index (κ1) is 27.3. The van der Waals surface area contributed by atoms with E-state index in [-0.39, 0.29) is 17.6 Å². The predicted octanol–water partition coefficient (Wildman–Crippen LogP) is 3.52. The molecule has 3 heterocycles. The van der Waals surface area contributed by atoms with Crippen LogP contribution in [0.1, 0.15) is 30.2 Å². The van der Waals surface area contributed by atoms with Crippen LogP contribution in [-0.4, -0.2) is 64.9 Å². The maximum Gasteiger partial charge on any atom is 0.243 e. The van der Waals surface area contributed by atoms with Crippen molar-refractivity contribution in [2.24, 2.45) is 0 Å². The van der Waals surface area contributed by atoms with E-state index < -0.39 is 21.4 Å². The molecular weight excluding hydrogens is 538 g/mol. The van der Waals surface area contributed by atoms with Crippen LogP contribution in [0.4, 0.5) is 5.95 Å². The van der Waals surface area contributed by atoms with Gasteiger partial charge in [0.15, 0.2) is 17.3 Å². The minimum absolute atomic E-state index is 0.137. The maximum atomic E-state index is 13.6. The molecular formula is C23H26ClN7O6S. The summed E-state index contributed by atoms with van der Waals surface area (Å²) >= 11 is 5.88. The average Bonchev–Trinajstić information content (AvgIpc) is 3.46. The molecule has 0 spiro atoms. The zero-order valence-corrected chi connectivity index (χ0v) is 23.0. The molecule has 0 saturated carbocycles. The molecule has 0 aliphatic carbocycles. The molecule has 0 radical (unpaired) electrons. The van der Waals surface area contributed by atoms with Gasteiger partial charge in [-0.05, 0) is 32.9 Å². The summed E-state index contributed by atoms with van der Waals surface area (Å²) in [6, 6.07) is 5.13. The van der Waals surface area contributed by atoms with Gasteiger partial charge in [0.25, 0.3) is 0 Å². The van der Waals surface area contributed by atoms with Crippen molar-refractivity contribution in [1.82, 2.24) is 29.9 Å². The number of hydrogen-bond donors (Lipinski definition) is 1. The highest BCUT2D eigenvalue weighted by atomic mass is 35.5. The number of para-hydroxylation sites is 1. The van der Waals surface area contributed by atoms with Crippen molar-refractivity contribution in [1.29, 1.82) is 0 Å². The Morgan fingerprint density at radius 1 is 1.05 bits per heavy atom. The highest BCUT2D eigenvalue weighted by Crippen LogP contribution is 2.38. The van der Waals surface area contributed by atoms with E-state index in [1.807, 2.05) is 0 Å². The van der Waals surface area contributed by atoms with Gasteiger partial charge < -0.3 is 18.7 Å². The van der Waals surface area contributed by atoms with E-state index in [0.29, 0.717) is 39.2 Å². The standard InChI is InChI=1S/C23H26ClN7O6S/c1-12-13(2)37-29-18(12)22-27-28-23(31(22)19-16(34-4)8-7-9-17(19)35-5)30-38(32,33)14(3)20(36-6)21-25-10-15(24)11-26-21/h7-11,14,20H,1-6H3,(H,28,30). The van der Waals surface area contributed by atoms with Gasteiger partial charge in [0.1, 0.15) is 34.3 Å². The van der Waals surface area contributed by atoms with Crippen LogP contribution in [-0.2, 0) is 14.8 Å². The van der Waals surface area contributed by atoms with Crippen molar-refractivity contribution in [3.63, 3.8) is 0 Å². The molecule has 0 amide bonds. The van der Waals surface area contributed by atoms with Gasteiger partial charge in [-0.25, -0.2) is 18.4 Å². The van der Waals surface area contributed by atoms with Crippen molar-refractivity contribution in [2.75, 3.05) is 26.1 Å². The Labute approximate surface area is 224 Å². The lowest BCUT2D eigenvalue weighted by molar-refractivity contribution is 0.0950. The summed E-state index contributed by atoms with van der Waals surface area (Å²) in [6.07, 6.45) is 1.71. The van der Waals surface area contributed by atoms with Crippen LogP contribution in [0.2, 0.25) is 5.02 Å². The third-order valence-electron chi connectivity index (χ3n) is 5.96. The highest BCUT2D eigenvalue weighted by Gasteiger charge is 2.35. The number of nitrogens with zero attached hydrogens (tertiary/aromatic N) is 6. The van der Waals surface area contributed by atoms with Crippen molar-refractivity contribution < 1.29 is 27.2 Å². The van der Waals surface area contributed by atoms with Crippen LogP contribution >= 0.6 is 11.6 Å². The van der Waals surface area contributed by atoms with Crippen LogP contribution in [0.5, 0.6) is 11.5 Å². The first-order valence-electron chi connectivity index (χ1n) is 11.2. The number of halogens is 1. The fraction of sp³-hybridized carbons (Fsp3) is 0.348. The average molecular weight is 564 g/mol. The Hall–Kier alpha value is -3.75. The molecule has 202 valence electrons. The zero-order valence-electron chi connectivity index (χ0n) is 21.5. The molecule has 38 heavy (non-hydrogen) atoms. The summed E-state index contributed by atoms with van der Waals surface area (Å²) in [5.41, 5.74) is 1.42. The number of rotatable bonds is 10. The van der Waals surface area contributed by atoms with Crippen LogP contribution in [0.15, 0.2) is 35.1 Å². The predicted molar refractivity (Wildman–Crippen MR) is 138 cm³/mol. The summed E-state index contributed by atoms with van der Waals surface area (Å²) in [6.45, 7) is 5.02. The molecule has 15 heteroatoms. The molecule has 0 fully saturated rings. The minimum Gasteiger partial charge on any atom is -0.494 e. The molecule has 0 saturated heterocycles. The van der Waals surface area contributed by atoms with Crippen molar-refractivity contribution in [2.45, 2.75) is 32.1 Å². The smallest absolute Gasteiger partial charge is 0.243 e. The number of ether oxygens (including phenoxy) is 3. The Morgan fingerprint density at radius 3 is 2.21 bits per heavy atom. The molecule has 0 aliphatic rings. The molecule has 4 aromatic rings. The Morgan fingerprint density at radius 2 is 1.68 bits per heavy atom. The lowest BCUT2D eigenvalue weighted by Crippen LogP contribution is -2.33. The summed E-state index contributed by atoms with van der Waals surface area (Å²) in [4.78, 5) is 8.22. The van der Waals surface area contributed by atoms with E-state index in [9.17, 15) is 8.42 Å². The first-order chi connectivity index (χ1) is 18.1. The largest absolute Gasteiger partial charge is 0.494 e. The molecule has 13 nitrogen and oxygen atoms in total. The number of nitrogens with one attached hydrogen (secondary N) is 1. The van der Waals surface area contributed by atoms with E-state index in [0.717, 1.165) is 0 Å². The molecule has 2 unspecified atom stereocenters. The number of methoxy groups -OCH3 is 3. The molecule has 4 rings (SSSR count).